The normalized spacial score (nSPS) is 12.1. The average Bonchev–Trinajstić information content (AvgIpc) is 4.06. The van der Waals surface area contributed by atoms with Crippen molar-refractivity contribution >= 4 is 114 Å². The van der Waals surface area contributed by atoms with E-state index in [-0.39, 0.29) is 0 Å². The number of hydrogen-bond acceptors (Lipinski definition) is 4. The molecule has 13 aromatic rings. The molecule has 59 heavy (non-hydrogen) atoms. The summed E-state index contributed by atoms with van der Waals surface area (Å²) in [6.07, 6.45) is 0. The monoisotopic (exact) mass is 772 g/mol. The summed E-state index contributed by atoms with van der Waals surface area (Å²) >= 11 is 1.84. The van der Waals surface area contributed by atoms with E-state index in [4.69, 9.17) is 8.83 Å². The third kappa shape index (κ3) is 4.77. The second-order valence-electron chi connectivity index (χ2n) is 15.2. The molecule has 4 nitrogen and oxygen atoms in total. The van der Waals surface area contributed by atoms with E-state index < -0.39 is 0 Å². The van der Waals surface area contributed by atoms with Gasteiger partial charge in [0.2, 0.25) is 0 Å². The Morgan fingerprint density at radius 2 is 1.03 bits per heavy atom. The van der Waals surface area contributed by atoms with Crippen LogP contribution in [0, 0.1) is 0 Å². The SMILES string of the molecule is c1ccc(-c2ccc(N(c3ccc4oc5c(-n6c7ccccc7c7ccccc76)c6c(cc5c4c3)oc3ccccc36)c3cccc4c3sc3ccccc34)cc2)cc1. The Morgan fingerprint density at radius 1 is 0.407 bits per heavy atom. The van der Waals surface area contributed by atoms with Crippen molar-refractivity contribution < 1.29 is 8.83 Å². The highest BCUT2D eigenvalue weighted by molar-refractivity contribution is 7.26. The van der Waals surface area contributed by atoms with Crippen LogP contribution in [0.25, 0.3) is 103 Å². The zero-order valence-corrected chi connectivity index (χ0v) is 32.4. The second kappa shape index (κ2) is 12.4. The number of aromatic nitrogens is 1. The first-order valence-electron chi connectivity index (χ1n) is 19.9. The van der Waals surface area contributed by atoms with Gasteiger partial charge in [-0.25, -0.2) is 0 Å². The summed E-state index contributed by atoms with van der Waals surface area (Å²) in [4.78, 5) is 2.40. The number of hydrogen-bond donors (Lipinski definition) is 0. The van der Waals surface area contributed by atoms with Crippen molar-refractivity contribution in [2.45, 2.75) is 0 Å². The molecular weight excluding hydrogens is 741 g/mol. The van der Waals surface area contributed by atoms with Crippen LogP contribution in [0.3, 0.4) is 0 Å². The van der Waals surface area contributed by atoms with E-state index >= 15 is 0 Å². The number of furan rings is 2. The lowest BCUT2D eigenvalue weighted by Gasteiger charge is -2.26. The van der Waals surface area contributed by atoms with Crippen molar-refractivity contribution in [1.82, 2.24) is 4.57 Å². The molecule has 5 heteroatoms. The summed E-state index contributed by atoms with van der Waals surface area (Å²) < 4.78 is 18.7. The predicted octanol–water partition coefficient (Wildman–Crippen LogP) is 16.1. The maximum atomic E-state index is 7.07. The van der Waals surface area contributed by atoms with E-state index in [0.717, 1.165) is 77.7 Å². The average molecular weight is 773 g/mol. The van der Waals surface area contributed by atoms with Gasteiger partial charge in [-0.3, -0.25) is 0 Å². The molecule has 4 heterocycles. The van der Waals surface area contributed by atoms with Crippen LogP contribution in [0.4, 0.5) is 17.1 Å². The lowest BCUT2D eigenvalue weighted by molar-refractivity contribution is 0.662. The molecule has 0 spiro atoms. The Bertz CT molecular complexity index is 3740. The van der Waals surface area contributed by atoms with E-state index in [1.54, 1.807) is 0 Å². The fourth-order valence-corrected chi connectivity index (χ4v) is 10.6. The molecule has 0 fully saturated rings. The Labute approximate surface area is 342 Å². The van der Waals surface area contributed by atoms with Gasteiger partial charge in [-0.2, -0.15) is 0 Å². The number of nitrogens with zero attached hydrogens (tertiary/aromatic N) is 2. The highest BCUT2D eigenvalue weighted by Gasteiger charge is 2.25. The van der Waals surface area contributed by atoms with Crippen LogP contribution in [0.1, 0.15) is 0 Å². The fourth-order valence-electron chi connectivity index (χ4n) is 9.36. The topological polar surface area (TPSA) is 34.5 Å². The van der Waals surface area contributed by atoms with Crippen LogP contribution in [0.15, 0.2) is 203 Å². The standard InChI is InChI=1S/C54H32N2O2S/c1-2-13-33(14-3-1)34-25-27-35(28-26-34)55(46-22-12-19-40-39-17-7-11-24-50(39)59-54(40)46)36-29-30-48-42(31-36)43-32-49-51(41-18-6-10-23-47(41)57-49)52(53(43)58-48)56-44-20-8-4-15-37(44)38-16-5-9-21-45(38)56/h1-32H. The number of rotatable bonds is 5. The zero-order valence-electron chi connectivity index (χ0n) is 31.6. The third-order valence-electron chi connectivity index (χ3n) is 12.0. The van der Waals surface area contributed by atoms with Crippen molar-refractivity contribution in [3.05, 3.63) is 194 Å². The molecule has 0 atom stereocenters. The number of fused-ring (bicyclic) bond motifs is 12. The molecule has 276 valence electrons. The maximum Gasteiger partial charge on any atom is 0.160 e. The zero-order chi connectivity index (χ0) is 38.6. The van der Waals surface area contributed by atoms with Gasteiger partial charge >= 0.3 is 0 Å². The van der Waals surface area contributed by atoms with Gasteiger partial charge < -0.3 is 18.3 Å². The van der Waals surface area contributed by atoms with Crippen molar-refractivity contribution in [2.24, 2.45) is 0 Å². The van der Waals surface area contributed by atoms with Crippen molar-refractivity contribution in [2.75, 3.05) is 4.90 Å². The van der Waals surface area contributed by atoms with Crippen LogP contribution in [-0.4, -0.2) is 4.57 Å². The number of para-hydroxylation sites is 3. The van der Waals surface area contributed by atoms with E-state index in [1.807, 2.05) is 17.4 Å². The molecule has 4 aromatic heterocycles. The molecule has 13 rings (SSSR count). The molecule has 0 amide bonds. The van der Waals surface area contributed by atoms with Crippen LogP contribution in [0.5, 0.6) is 0 Å². The Morgan fingerprint density at radius 3 is 1.83 bits per heavy atom. The molecule has 0 saturated carbocycles. The van der Waals surface area contributed by atoms with Gasteiger partial charge in [-0.05, 0) is 77.9 Å². The van der Waals surface area contributed by atoms with E-state index in [0.29, 0.717) is 0 Å². The fraction of sp³-hybridized carbons (Fsp3) is 0. The van der Waals surface area contributed by atoms with Crippen molar-refractivity contribution in [1.29, 1.82) is 0 Å². The minimum Gasteiger partial charge on any atom is -0.456 e. The minimum absolute atomic E-state index is 0.821. The molecule has 0 N–H and O–H groups in total. The van der Waals surface area contributed by atoms with Gasteiger partial charge in [-0.1, -0.05) is 127 Å². The van der Waals surface area contributed by atoms with Gasteiger partial charge in [0.1, 0.15) is 22.4 Å². The Kier molecular flexibility index (Phi) is 6.85. The van der Waals surface area contributed by atoms with Gasteiger partial charge in [-0.15, -0.1) is 11.3 Å². The highest BCUT2D eigenvalue weighted by Crippen LogP contribution is 2.48. The van der Waals surface area contributed by atoms with Crippen molar-refractivity contribution in [3.8, 4) is 16.8 Å². The van der Waals surface area contributed by atoms with Crippen molar-refractivity contribution in [3.63, 3.8) is 0 Å². The lowest BCUT2D eigenvalue weighted by Crippen LogP contribution is -2.10. The molecule has 0 radical (unpaired) electrons. The molecule has 0 aliphatic carbocycles. The largest absolute Gasteiger partial charge is 0.456 e. The van der Waals surface area contributed by atoms with Crippen LogP contribution in [0.2, 0.25) is 0 Å². The predicted molar refractivity (Wildman–Crippen MR) is 248 cm³/mol. The molecule has 0 saturated heterocycles. The first-order chi connectivity index (χ1) is 29.3. The summed E-state index contributed by atoms with van der Waals surface area (Å²) in [6, 6.07) is 69.3. The Balaban J connectivity index is 1.10. The number of benzene rings is 9. The molecule has 0 aliphatic rings. The lowest BCUT2D eigenvalue weighted by atomic mass is 10.0. The smallest absolute Gasteiger partial charge is 0.160 e. The maximum absolute atomic E-state index is 7.07. The van der Waals surface area contributed by atoms with E-state index in [2.05, 4.69) is 198 Å². The Hall–Kier alpha value is -7.60. The van der Waals surface area contributed by atoms with Gasteiger partial charge in [0.15, 0.2) is 5.58 Å². The van der Waals surface area contributed by atoms with Crippen LogP contribution in [-0.2, 0) is 0 Å². The van der Waals surface area contributed by atoms with E-state index in [1.165, 1.54) is 42.1 Å². The van der Waals surface area contributed by atoms with Gasteiger partial charge in [0.05, 0.1) is 26.8 Å². The first-order valence-corrected chi connectivity index (χ1v) is 20.7. The quantitative estimate of drug-likeness (QED) is 0.175. The molecular formula is C54H32N2O2S. The molecule has 9 aromatic carbocycles. The molecule has 0 aliphatic heterocycles. The van der Waals surface area contributed by atoms with Gasteiger partial charge in [0.25, 0.3) is 0 Å². The number of anilines is 3. The first kappa shape index (κ1) is 32.5. The summed E-state index contributed by atoms with van der Waals surface area (Å²) in [5.74, 6) is 0. The number of thiophene rings is 1. The van der Waals surface area contributed by atoms with Crippen LogP contribution < -0.4 is 4.90 Å². The van der Waals surface area contributed by atoms with Gasteiger partial charge in [0, 0.05) is 53.8 Å². The summed E-state index contributed by atoms with van der Waals surface area (Å²) in [6.45, 7) is 0. The minimum atomic E-state index is 0.821. The summed E-state index contributed by atoms with van der Waals surface area (Å²) in [5.41, 5.74) is 12.2. The third-order valence-corrected chi connectivity index (χ3v) is 13.2. The summed E-state index contributed by atoms with van der Waals surface area (Å²) in [5, 5.41) is 9.05. The molecule has 0 unspecified atom stereocenters. The highest BCUT2D eigenvalue weighted by atomic mass is 32.1. The molecule has 0 bridgehead atoms. The summed E-state index contributed by atoms with van der Waals surface area (Å²) in [7, 11) is 0. The second-order valence-corrected chi connectivity index (χ2v) is 16.3. The van der Waals surface area contributed by atoms with E-state index in [9.17, 15) is 0 Å². The van der Waals surface area contributed by atoms with Crippen LogP contribution >= 0.6 is 11.3 Å².